The smallest absolute Gasteiger partial charge is 0.328 e. The highest BCUT2D eigenvalue weighted by molar-refractivity contribution is 6.42. The van der Waals surface area contributed by atoms with Crippen LogP contribution in [0, 0.1) is 0 Å². The fraction of sp³-hybridized carbons (Fsp3) is 0.200. The molecule has 0 unspecified atom stereocenters. The molecule has 92 valence electrons. The molecule has 0 heterocycles. The second-order valence-corrected chi connectivity index (χ2v) is 3.99. The summed E-state index contributed by atoms with van der Waals surface area (Å²) in [6, 6.07) is 2.79. The maximum absolute atomic E-state index is 11.6. The van der Waals surface area contributed by atoms with Gasteiger partial charge in [-0.05, 0) is 18.2 Å². The summed E-state index contributed by atoms with van der Waals surface area (Å²) in [7, 11) is 0. The van der Waals surface area contributed by atoms with Crippen LogP contribution in [-0.2, 0) is 4.79 Å². The number of hydrogen-bond acceptors (Lipinski definition) is 3. The summed E-state index contributed by atoms with van der Waals surface area (Å²) in [4.78, 5) is 22.2. The monoisotopic (exact) mass is 277 g/mol. The lowest BCUT2D eigenvalue weighted by Gasteiger charge is -2.11. The summed E-state index contributed by atoms with van der Waals surface area (Å²) in [5.41, 5.74) is 0.166. The lowest BCUT2D eigenvalue weighted by molar-refractivity contribution is -0.140. The second-order valence-electron chi connectivity index (χ2n) is 3.18. The van der Waals surface area contributed by atoms with E-state index >= 15 is 0 Å². The van der Waals surface area contributed by atoms with Crippen LogP contribution in [0.3, 0.4) is 0 Å². The topological polar surface area (TPSA) is 86.6 Å². The number of benzene rings is 1. The van der Waals surface area contributed by atoms with Crippen molar-refractivity contribution in [3.05, 3.63) is 33.8 Å². The predicted octanol–water partition coefficient (Wildman–Crippen LogP) is 1.17. The highest BCUT2D eigenvalue weighted by Crippen LogP contribution is 2.22. The van der Waals surface area contributed by atoms with Gasteiger partial charge in [-0.3, -0.25) is 4.79 Å². The van der Waals surface area contributed by atoms with Crippen LogP contribution in [0.1, 0.15) is 10.4 Å². The first kappa shape index (κ1) is 13.8. The van der Waals surface area contributed by atoms with E-state index in [1.807, 2.05) is 0 Å². The Bertz CT molecular complexity index is 450. The van der Waals surface area contributed by atoms with Crippen molar-refractivity contribution in [2.75, 3.05) is 6.61 Å². The fourth-order valence-corrected chi connectivity index (χ4v) is 1.36. The van der Waals surface area contributed by atoms with Gasteiger partial charge < -0.3 is 15.5 Å². The number of carbonyl (C=O) groups is 2. The lowest BCUT2D eigenvalue weighted by atomic mass is 10.2. The number of rotatable bonds is 4. The minimum atomic E-state index is -1.35. The van der Waals surface area contributed by atoms with Crippen molar-refractivity contribution in [1.29, 1.82) is 0 Å². The van der Waals surface area contributed by atoms with Gasteiger partial charge in [0.15, 0.2) is 6.04 Å². The molecule has 0 saturated carbocycles. The second kappa shape index (κ2) is 5.86. The van der Waals surface area contributed by atoms with Crippen molar-refractivity contribution in [3.63, 3.8) is 0 Å². The van der Waals surface area contributed by atoms with Crippen LogP contribution in [0.4, 0.5) is 0 Å². The molecule has 7 heteroatoms. The van der Waals surface area contributed by atoms with Crippen LogP contribution >= 0.6 is 23.2 Å². The van der Waals surface area contributed by atoms with Crippen LogP contribution in [0.25, 0.3) is 0 Å². The van der Waals surface area contributed by atoms with E-state index in [2.05, 4.69) is 5.32 Å². The number of amides is 1. The molecule has 1 rings (SSSR count). The Hall–Kier alpha value is -1.30. The van der Waals surface area contributed by atoms with Gasteiger partial charge in [0, 0.05) is 5.56 Å². The molecular weight excluding hydrogens is 269 g/mol. The first-order valence-corrected chi connectivity index (χ1v) is 5.31. The van der Waals surface area contributed by atoms with Crippen molar-refractivity contribution >= 4 is 35.1 Å². The molecule has 1 aromatic carbocycles. The number of halogens is 2. The number of nitrogens with one attached hydrogen (secondary N) is 1. The summed E-state index contributed by atoms with van der Waals surface area (Å²) in [6.45, 7) is -0.692. The summed E-state index contributed by atoms with van der Waals surface area (Å²) in [6.07, 6.45) is 0. The fourth-order valence-electron chi connectivity index (χ4n) is 1.06. The van der Waals surface area contributed by atoms with Crippen molar-refractivity contribution in [1.82, 2.24) is 5.32 Å². The predicted molar refractivity (Wildman–Crippen MR) is 62.4 cm³/mol. The van der Waals surface area contributed by atoms with Crippen LogP contribution in [0.5, 0.6) is 0 Å². The van der Waals surface area contributed by atoms with E-state index in [0.29, 0.717) is 5.02 Å². The zero-order valence-electron chi connectivity index (χ0n) is 8.48. The Morgan fingerprint density at radius 2 is 1.94 bits per heavy atom. The molecule has 3 N–H and O–H groups in total. The molecule has 0 fully saturated rings. The molecule has 1 aromatic rings. The molecule has 0 aliphatic rings. The van der Waals surface area contributed by atoms with E-state index in [0.717, 1.165) is 0 Å². The standard InChI is InChI=1S/C10H9Cl2NO4/c11-6-2-1-5(3-7(6)12)9(15)13-8(4-14)10(16)17/h1-3,8,14H,4H2,(H,13,15)(H,16,17)/t8-/m0/s1. The molecule has 0 aromatic heterocycles. The van der Waals surface area contributed by atoms with E-state index in [-0.39, 0.29) is 10.6 Å². The Morgan fingerprint density at radius 3 is 2.41 bits per heavy atom. The van der Waals surface area contributed by atoms with Gasteiger partial charge in [0.2, 0.25) is 0 Å². The normalized spacial score (nSPS) is 11.9. The number of carboxylic acid groups (broad SMARTS) is 1. The van der Waals surface area contributed by atoms with Crippen molar-refractivity contribution in [2.45, 2.75) is 6.04 Å². The highest BCUT2D eigenvalue weighted by Gasteiger charge is 2.19. The van der Waals surface area contributed by atoms with Gasteiger partial charge in [0.05, 0.1) is 16.7 Å². The van der Waals surface area contributed by atoms with Crippen LogP contribution < -0.4 is 5.32 Å². The van der Waals surface area contributed by atoms with Gasteiger partial charge in [-0.15, -0.1) is 0 Å². The molecular formula is C10H9Cl2NO4. The van der Waals surface area contributed by atoms with Gasteiger partial charge in [-0.2, -0.15) is 0 Å². The lowest BCUT2D eigenvalue weighted by Crippen LogP contribution is -2.43. The average Bonchev–Trinajstić information content (AvgIpc) is 2.28. The SMILES string of the molecule is O=C(N[C@@H](CO)C(=O)O)c1ccc(Cl)c(Cl)c1. The molecule has 0 radical (unpaired) electrons. The molecule has 0 spiro atoms. The third kappa shape index (κ3) is 3.59. The third-order valence-corrected chi connectivity index (χ3v) is 2.71. The number of carboxylic acids is 1. The van der Waals surface area contributed by atoms with Gasteiger partial charge in [-0.25, -0.2) is 4.79 Å². The summed E-state index contributed by atoms with van der Waals surface area (Å²) in [5.74, 6) is -1.97. The Morgan fingerprint density at radius 1 is 1.29 bits per heavy atom. The maximum atomic E-state index is 11.6. The zero-order valence-corrected chi connectivity index (χ0v) is 10.00. The molecule has 0 aliphatic heterocycles. The largest absolute Gasteiger partial charge is 0.480 e. The average molecular weight is 278 g/mol. The maximum Gasteiger partial charge on any atom is 0.328 e. The van der Waals surface area contributed by atoms with E-state index in [1.165, 1.54) is 18.2 Å². The van der Waals surface area contributed by atoms with E-state index in [4.69, 9.17) is 33.4 Å². The summed E-state index contributed by atoms with van der Waals surface area (Å²) in [5, 5.41) is 20.0. The molecule has 17 heavy (non-hydrogen) atoms. The Kier molecular flexibility index (Phi) is 4.74. The first-order valence-electron chi connectivity index (χ1n) is 4.55. The number of aliphatic hydroxyl groups is 1. The molecule has 5 nitrogen and oxygen atoms in total. The van der Waals surface area contributed by atoms with Crippen molar-refractivity contribution in [3.8, 4) is 0 Å². The quantitative estimate of drug-likeness (QED) is 0.771. The van der Waals surface area contributed by atoms with Crippen LogP contribution in [0.2, 0.25) is 10.0 Å². The molecule has 1 amide bonds. The van der Waals surface area contributed by atoms with Gasteiger partial charge in [-0.1, -0.05) is 23.2 Å². The number of aliphatic carboxylic acids is 1. The van der Waals surface area contributed by atoms with E-state index < -0.39 is 24.5 Å². The van der Waals surface area contributed by atoms with Crippen LogP contribution in [-0.4, -0.2) is 34.7 Å². The van der Waals surface area contributed by atoms with Gasteiger partial charge in [0.1, 0.15) is 0 Å². The first-order chi connectivity index (χ1) is 7.95. The van der Waals surface area contributed by atoms with Gasteiger partial charge >= 0.3 is 5.97 Å². The summed E-state index contributed by atoms with van der Waals surface area (Å²) < 4.78 is 0. The zero-order chi connectivity index (χ0) is 13.0. The van der Waals surface area contributed by atoms with Crippen molar-refractivity contribution in [2.24, 2.45) is 0 Å². The Balaban J connectivity index is 2.82. The Labute approximate surface area is 107 Å². The van der Waals surface area contributed by atoms with Crippen LogP contribution in [0.15, 0.2) is 18.2 Å². The molecule has 0 saturated heterocycles. The summed E-state index contributed by atoms with van der Waals surface area (Å²) >= 11 is 11.4. The number of carbonyl (C=O) groups excluding carboxylic acids is 1. The minimum Gasteiger partial charge on any atom is -0.480 e. The molecule has 0 bridgehead atoms. The van der Waals surface area contributed by atoms with Crippen molar-refractivity contribution < 1.29 is 19.8 Å². The molecule has 1 atom stereocenters. The minimum absolute atomic E-state index is 0.166. The molecule has 0 aliphatic carbocycles. The number of hydrogen-bond donors (Lipinski definition) is 3. The highest BCUT2D eigenvalue weighted by atomic mass is 35.5. The van der Waals surface area contributed by atoms with Gasteiger partial charge in [0.25, 0.3) is 5.91 Å². The third-order valence-electron chi connectivity index (χ3n) is 1.97. The number of aliphatic hydroxyl groups excluding tert-OH is 1. The van der Waals surface area contributed by atoms with E-state index in [1.54, 1.807) is 0 Å². The van der Waals surface area contributed by atoms with E-state index in [9.17, 15) is 9.59 Å².